The molecule has 0 aromatic carbocycles. The summed E-state index contributed by atoms with van der Waals surface area (Å²) in [5, 5.41) is 6.45. The van der Waals surface area contributed by atoms with Crippen molar-refractivity contribution in [2.75, 3.05) is 26.3 Å². The fraction of sp³-hybridized carbons (Fsp3) is 0.933. The third-order valence-electron chi connectivity index (χ3n) is 4.02. The van der Waals surface area contributed by atoms with Crippen LogP contribution in [0.2, 0.25) is 0 Å². The van der Waals surface area contributed by atoms with E-state index in [1.54, 1.807) is 0 Å². The number of rotatable bonds is 8. The van der Waals surface area contributed by atoms with Crippen molar-refractivity contribution in [2.24, 2.45) is 5.92 Å². The highest BCUT2D eigenvalue weighted by Crippen LogP contribution is 2.28. The summed E-state index contributed by atoms with van der Waals surface area (Å²) in [4.78, 5) is 11.5. The first-order chi connectivity index (χ1) is 9.34. The Morgan fingerprint density at radius 1 is 1.00 bits per heavy atom. The molecule has 0 aromatic rings. The van der Waals surface area contributed by atoms with Gasteiger partial charge in [-0.05, 0) is 31.6 Å². The van der Waals surface area contributed by atoms with Gasteiger partial charge in [0.2, 0.25) is 5.91 Å². The van der Waals surface area contributed by atoms with Crippen LogP contribution >= 0.6 is 12.4 Å². The van der Waals surface area contributed by atoms with Gasteiger partial charge in [0, 0.05) is 19.1 Å². The first-order valence-corrected chi connectivity index (χ1v) is 7.92. The number of amides is 1. The van der Waals surface area contributed by atoms with Gasteiger partial charge in [-0.15, -0.1) is 12.4 Å². The lowest BCUT2D eigenvalue weighted by Gasteiger charge is -2.16. The van der Waals surface area contributed by atoms with Crippen LogP contribution in [0.4, 0.5) is 0 Å². The molecule has 0 aromatic heterocycles. The molecule has 5 heteroatoms. The van der Waals surface area contributed by atoms with Gasteiger partial charge in [0.15, 0.2) is 0 Å². The Morgan fingerprint density at radius 3 is 2.35 bits per heavy atom. The van der Waals surface area contributed by atoms with Crippen LogP contribution in [0.3, 0.4) is 0 Å². The third kappa shape index (κ3) is 8.08. The van der Waals surface area contributed by atoms with Crippen molar-refractivity contribution in [3.05, 3.63) is 0 Å². The average molecular weight is 305 g/mol. The van der Waals surface area contributed by atoms with E-state index in [9.17, 15) is 4.79 Å². The number of halogens is 1. The zero-order valence-electron chi connectivity index (χ0n) is 12.4. The van der Waals surface area contributed by atoms with Gasteiger partial charge >= 0.3 is 0 Å². The van der Waals surface area contributed by atoms with Crippen molar-refractivity contribution in [2.45, 2.75) is 57.4 Å². The monoisotopic (exact) mass is 304 g/mol. The van der Waals surface area contributed by atoms with Gasteiger partial charge in [-0.25, -0.2) is 0 Å². The highest BCUT2D eigenvalue weighted by molar-refractivity contribution is 5.85. The van der Waals surface area contributed by atoms with Crippen LogP contribution < -0.4 is 10.6 Å². The normalized spacial score (nSPS) is 20.0. The summed E-state index contributed by atoms with van der Waals surface area (Å²) in [5.74, 6) is 0.744. The minimum Gasteiger partial charge on any atom is -0.371 e. The number of ether oxygens (including phenoxy) is 1. The Bertz CT molecular complexity index is 265. The fourth-order valence-electron chi connectivity index (χ4n) is 2.62. The molecule has 1 amide bonds. The fourth-order valence-corrected chi connectivity index (χ4v) is 2.62. The lowest BCUT2D eigenvalue weighted by atomic mass is 10.1. The summed E-state index contributed by atoms with van der Waals surface area (Å²) in [5.41, 5.74) is 0. The van der Waals surface area contributed by atoms with Crippen LogP contribution in [0, 0.1) is 5.92 Å². The standard InChI is InChI=1S/C15H28N2O2.ClH/c18-15(12-19-11-13-7-8-13)17-10-9-16-14-5-3-1-2-4-6-14;/h13-14,16H,1-12H2,(H,17,18);1H. The maximum atomic E-state index is 11.5. The van der Waals surface area contributed by atoms with Crippen molar-refractivity contribution in [1.29, 1.82) is 0 Å². The molecule has 0 radical (unpaired) electrons. The molecule has 2 fully saturated rings. The summed E-state index contributed by atoms with van der Waals surface area (Å²) in [6.45, 7) is 2.56. The molecule has 0 atom stereocenters. The lowest BCUT2D eigenvalue weighted by molar-refractivity contribution is -0.125. The van der Waals surface area contributed by atoms with Gasteiger partial charge in [0.05, 0.1) is 6.61 Å². The van der Waals surface area contributed by atoms with Crippen LogP contribution in [0.25, 0.3) is 0 Å². The van der Waals surface area contributed by atoms with Gasteiger partial charge in [-0.2, -0.15) is 0 Å². The molecule has 0 bridgehead atoms. The largest absolute Gasteiger partial charge is 0.371 e. The van der Waals surface area contributed by atoms with Crippen LogP contribution in [0.15, 0.2) is 0 Å². The SMILES string of the molecule is Cl.O=C(COCC1CC1)NCCNC1CCCCCC1. The first kappa shape index (κ1) is 17.7. The van der Waals surface area contributed by atoms with Crippen molar-refractivity contribution < 1.29 is 9.53 Å². The summed E-state index contributed by atoms with van der Waals surface area (Å²) in [7, 11) is 0. The van der Waals surface area contributed by atoms with E-state index in [1.165, 1.54) is 51.4 Å². The minimum absolute atomic E-state index is 0. The molecule has 0 unspecified atom stereocenters. The number of hydrogen-bond acceptors (Lipinski definition) is 3. The van der Waals surface area contributed by atoms with Crippen LogP contribution in [-0.4, -0.2) is 38.3 Å². The quantitative estimate of drug-likeness (QED) is 0.534. The number of nitrogens with one attached hydrogen (secondary N) is 2. The maximum absolute atomic E-state index is 11.5. The van der Waals surface area contributed by atoms with Crippen LogP contribution in [0.5, 0.6) is 0 Å². The van der Waals surface area contributed by atoms with Gasteiger partial charge < -0.3 is 15.4 Å². The molecular weight excluding hydrogens is 276 g/mol. The van der Waals surface area contributed by atoms with Crippen molar-refractivity contribution >= 4 is 18.3 Å². The summed E-state index contributed by atoms with van der Waals surface area (Å²) in [6, 6.07) is 0.658. The summed E-state index contributed by atoms with van der Waals surface area (Å²) < 4.78 is 5.35. The topological polar surface area (TPSA) is 50.4 Å². The number of hydrogen-bond donors (Lipinski definition) is 2. The first-order valence-electron chi connectivity index (χ1n) is 7.92. The Morgan fingerprint density at radius 2 is 1.70 bits per heavy atom. The van der Waals surface area contributed by atoms with E-state index in [2.05, 4.69) is 10.6 Å². The zero-order valence-corrected chi connectivity index (χ0v) is 13.2. The molecule has 4 nitrogen and oxygen atoms in total. The van der Waals surface area contributed by atoms with Gasteiger partial charge in [-0.3, -0.25) is 4.79 Å². The lowest BCUT2D eigenvalue weighted by Crippen LogP contribution is -2.38. The number of carbonyl (C=O) groups excluding carboxylic acids is 1. The molecule has 0 aliphatic heterocycles. The average Bonchev–Trinajstić information content (AvgIpc) is 3.22. The Labute approximate surface area is 128 Å². The predicted molar refractivity (Wildman–Crippen MR) is 83.3 cm³/mol. The zero-order chi connectivity index (χ0) is 13.3. The van der Waals surface area contributed by atoms with Crippen molar-refractivity contribution in [1.82, 2.24) is 10.6 Å². The van der Waals surface area contributed by atoms with E-state index in [0.717, 1.165) is 19.1 Å². The van der Waals surface area contributed by atoms with E-state index < -0.39 is 0 Å². The highest BCUT2D eigenvalue weighted by atomic mass is 35.5. The van der Waals surface area contributed by atoms with E-state index in [-0.39, 0.29) is 24.9 Å². The minimum atomic E-state index is 0. The molecular formula is C15H29ClN2O2. The predicted octanol–water partition coefficient (Wildman–Crippen LogP) is 2.26. The summed E-state index contributed by atoms with van der Waals surface area (Å²) >= 11 is 0. The molecule has 2 aliphatic carbocycles. The van der Waals surface area contributed by atoms with Gasteiger partial charge in [0.25, 0.3) is 0 Å². The Kier molecular flexibility index (Phi) is 9.23. The number of carbonyl (C=O) groups is 1. The smallest absolute Gasteiger partial charge is 0.246 e. The second-order valence-electron chi connectivity index (χ2n) is 5.95. The highest BCUT2D eigenvalue weighted by Gasteiger charge is 2.21. The molecule has 118 valence electrons. The molecule has 20 heavy (non-hydrogen) atoms. The van der Waals surface area contributed by atoms with Crippen molar-refractivity contribution in [3.8, 4) is 0 Å². The Hall–Kier alpha value is -0.320. The molecule has 2 N–H and O–H groups in total. The molecule has 0 saturated heterocycles. The molecule has 2 aliphatic rings. The van der Waals surface area contributed by atoms with Crippen molar-refractivity contribution in [3.63, 3.8) is 0 Å². The van der Waals surface area contributed by atoms with Crippen LogP contribution in [0.1, 0.15) is 51.4 Å². The van der Waals surface area contributed by atoms with E-state index in [4.69, 9.17) is 4.74 Å². The maximum Gasteiger partial charge on any atom is 0.246 e. The Balaban J connectivity index is 0.00000200. The second kappa shape index (κ2) is 10.4. The molecule has 0 spiro atoms. The van der Waals surface area contributed by atoms with E-state index in [0.29, 0.717) is 12.6 Å². The summed E-state index contributed by atoms with van der Waals surface area (Å²) in [6.07, 6.45) is 10.6. The molecule has 0 heterocycles. The molecule has 2 saturated carbocycles. The van der Waals surface area contributed by atoms with E-state index in [1.807, 2.05) is 0 Å². The van der Waals surface area contributed by atoms with Crippen LogP contribution in [-0.2, 0) is 9.53 Å². The second-order valence-corrected chi connectivity index (χ2v) is 5.95. The van der Waals surface area contributed by atoms with E-state index >= 15 is 0 Å². The third-order valence-corrected chi connectivity index (χ3v) is 4.02. The molecule has 2 rings (SSSR count). The van der Waals surface area contributed by atoms with Gasteiger partial charge in [0.1, 0.15) is 6.61 Å². The van der Waals surface area contributed by atoms with Gasteiger partial charge in [-0.1, -0.05) is 25.7 Å².